The Bertz CT molecular complexity index is 2290. The predicted octanol–water partition coefficient (Wildman–Crippen LogP) is 5.46. The number of nitrogens with zero attached hydrogens (tertiary/aromatic N) is 6. The molecule has 14 nitrogen and oxygen atoms in total. The molecule has 3 fully saturated rings. The number of rotatable bonds is 12. The van der Waals surface area contributed by atoms with Crippen molar-refractivity contribution in [1.29, 1.82) is 0 Å². The third kappa shape index (κ3) is 8.96. The maximum absolute atomic E-state index is 13.3. The summed E-state index contributed by atoms with van der Waals surface area (Å²) in [5.41, 5.74) is 5.36. The third-order valence-corrected chi connectivity index (χ3v) is 13.9. The molecule has 4 aromatic rings. The number of aromatic nitrogens is 2. The van der Waals surface area contributed by atoms with Gasteiger partial charge in [-0.25, -0.2) is 4.98 Å². The van der Waals surface area contributed by atoms with Crippen molar-refractivity contribution >= 4 is 70.6 Å². The summed E-state index contributed by atoms with van der Waals surface area (Å²) in [5, 5.41) is 9.99. The van der Waals surface area contributed by atoms with Gasteiger partial charge in [0.05, 0.1) is 24.7 Å². The maximum atomic E-state index is 13.3. The summed E-state index contributed by atoms with van der Waals surface area (Å²) in [6.45, 7) is 10.8. The molecule has 4 aliphatic rings. The Morgan fingerprint density at radius 3 is 2.44 bits per heavy atom. The Kier molecular flexibility index (Phi) is 12.0. The summed E-state index contributed by atoms with van der Waals surface area (Å²) < 4.78 is 18.7. The van der Waals surface area contributed by atoms with Gasteiger partial charge in [-0.15, -0.1) is 0 Å². The highest BCUT2D eigenvalue weighted by molar-refractivity contribution is 7.70. The van der Waals surface area contributed by atoms with Crippen molar-refractivity contribution in [2.45, 2.75) is 50.7 Å². The van der Waals surface area contributed by atoms with Gasteiger partial charge in [0.15, 0.2) is 5.82 Å². The van der Waals surface area contributed by atoms with Crippen LogP contribution in [0.1, 0.15) is 47.2 Å². The zero-order chi connectivity index (χ0) is 41.3. The molecule has 1 aromatic heterocycles. The van der Waals surface area contributed by atoms with Crippen molar-refractivity contribution in [1.82, 2.24) is 30.0 Å². The number of anilines is 5. The minimum atomic E-state index is -2.55. The third-order valence-electron chi connectivity index (χ3n) is 12.0. The number of halogens is 1. The molecule has 1 unspecified atom stereocenters. The number of hydrogen-bond donors (Lipinski definition) is 3. The number of hydrogen-bond acceptors (Lipinski definition) is 12. The normalized spacial score (nSPS) is 19.5. The molecule has 1 atom stereocenters. The smallest absolute Gasteiger partial charge is 0.255 e. The molecule has 5 heterocycles. The summed E-state index contributed by atoms with van der Waals surface area (Å²) >= 11 is 6.48. The van der Waals surface area contributed by atoms with E-state index in [4.69, 9.17) is 16.3 Å². The van der Waals surface area contributed by atoms with E-state index in [1.807, 2.05) is 42.5 Å². The fraction of sp³-hybridized carbons (Fsp3) is 0.419. The maximum Gasteiger partial charge on any atom is 0.255 e. The van der Waals surface area contributed by atoms with Crippen LogP contribution in [0.4, 0.5) is 28.8 Å². The molecule has 3 saturated heterocycles. The second kappa shape index (κ2) is 17.3. The highest BCUT2D eigenvalue weighted by atomic mass is 35.5. The van der Waals surface area contributed by atoms with Crippen molar-refractivity contribution in [3.8, 4) is 5.75 Å². The summed E-state index contributed by atoms with van der Waals surface area (Å²) in [4.78, 5) is 55.7. The van der Waals surface area contributed by atoms with E-state index in [-0.39, 0.29) is 24.1 Å². The number of piperazine rings is 1. The van der Waals surface area contributed by atoms with E-state index in [9.17, 15) is 18.9 Å². The molecule has 59 heavy (non-hydrogen) atoms. The van der Waals surface area contributed by atoms with Crippen LogP contribution in [0, 0.1) is 0 Å². The first kappa shape index (κ1) is 40.8. The van der Waals surface area contributed by atoms with Gasteiger partial charge in [0.25, 0.3) is 5.91 Å². The van der Waals surface area contributed by atoms with Crippen LogP contribution in [-0.2, 0) is 27.1 Å². The van der Waals surface area contributed by atoms with E-state index < -0.39 is 13.2 Å². The Morgan fingerprint density at radius 2 is 1.69 bits per heavy atom. The number of carbonyl (C=O) groups is 3. The molecule has 0 spiro atoms. The van der Waals surface area contributed by atoms with Crippen LogP contribution in [-0.4, -0.2) is 121 Å². The lowest BCUT2D eigenvalue weighted by atomic mass is 10.00. The number of carbonyl (C=O) groups excluding carboxylic acids is 3. The van der Waals surface area contributed by atoms with Crippen LogP contribution in [0.25, 0.3) is 0 Å². The molecule has 0 bridgehead atoms. The molecule has 0 aliphatic carbocycles. The number of para-hydroxylation sites is 1. The lowest BCUT2D eigenvalue weighted by Crippen LogP contribution is -2.53. The number of benzene rings is 3. The first-order chi connectivity index (χ1) is 28.4. The standard InChI is InChI=1S/C43H51ClN9O5P/c1-58-37-25-30(11-12-34(37)47-43-45-26-33(44)40(49-43)46-35-9-4-5-10-38(35)59(2,3)57)51-19-16-29(17-20-51)52-23-21-50(22-24-52)18-15-28-7-6-8-31-32(28)27-53(42(31)56)36-13-14-39(54)48-41(36)55/h4-12,25-26,29,36H,13-24,27H2,1-3H3,(H,48,54,55)(H2,45,46,47,49). The second-order valence-electron chi connectivity index (χ2n) is 16.1. The van der Waals surface area contributed by atoms with Gasteiger partial charge in [0.2, 0.25) is 17.8 Å². The first-order valence-corrected chi connectivity index (χ1v) is 23.3. The largest absolute Gasteiger partial charge is 0.494 e. The SMILES string of the molecule is COc1cc(N2CCC(N3CCN(CCc4cccc5c4CN(C4CCC(=O)NC4=O)C5=O)CC3)CC2)ccc1Nc1ncc(Cl)c(Nc2ccccc2P(C)(C)=O)n1. The van der Waals surface area contributed by atoms with Gasteiger partial charge in [-0.1, -0.05) is 35.9 Å². The highest BCUT2D eigenvalue weighted by Crippen LogP contribution is 2.39. The van der Waals surface area contributed by atoms with Crippen LogP contribution in [0.3, 0.4) is 0 Å². The average molecular weight is 840 g/mol. The predicted molar refractivity (Wildman–Crippen MR) is 232 cm³/mol. The minimum Gasteiger partial charge on any atom is -0.494 e. The molecule has 3 aromatic carbocycles. The minimum absolute atomic E-state index is 0.122. The van der Waals surface area contributed by atoms with Gasteiger partial charge >= 0.3 is 0 Å². The van der Waals surface area contributed by atoms with Crippen molar-refractivity contribution in [2.24, 2.45) is 0 Å². The fourth-order valence-electron chi connectivity index (χ4n) is 8.80. The van der Waals surface area contributed by atoms with Crippen molar-refractivity contribution < 1.29 is 23.7 Å². The molecular formula is C43H51ClN9O5P. The van der Waals surface area contributed by atoms with Crippen LogP contribution >= 0.6 is 18.7 Å². The molecule has 0 radical (unpaired) electrons. The number of amides is 3. The number of methoxy groups -OCH3 is 1. The summed E-state index contributed by atoms with van der Waals surface area (Å²) in [5.74, 6) is 0.647. The number of nitrogens with one attached hydrogen (secondary N) is 3. The van der Waals surface area contributed by atoms with E-state index in [1.165, 1.54) is 6.20 Å². The monoisotopic (exact) mass is 839 g/mol. The average Bonchev–Trinajstić information content (AvgIpc) is 3.57. The molecule has 4 aliphatic heterocycles. The van der Waals surface area contributed by atoms with E-state index in [2.05, 4.69) is 58.8 Å². The number of imide groups is 1. The Labute approximate surface area is 350 Å². The van der Waals surface area contributed by atoms with E-state index in [0.29, 0.717) is 52.8 Å². The van der Waals surface area contributed by atoms with Gasteiger partial charge < -0.3 is 34.6 Å². The summed E-state index contributed by atoms with van der Waals surface area (Å²) in [6, 6.07) is 19.4. The molecule has 16 heteroatoms. The Hall–Kier alpha value is -5.01. The van der Waals surface area contributed by atoms with Crippen molar-refractivity contribution in [3.63, 3.8) is 0 Å². The van der Waals surface area contributed by atoms with Crippen LogP contribution in [0.5, 0.6) is 5.75 Å². The van der Waals surface area contributed by atoms with E-state index >= 15 is 0 Å². The zero-order valence-corrected chi connectivity index (χ0v) is 35.4. The number of ether oxygens (including phenoxy) is 1. The molecule has 3 N–H and O–H groups in total. The summed E-state index contributed by atoms with van der Waals surface area (Å²) in [7, 11) is -0.893. The molecule has 0 saturated carbocycles. The zero-order valence-electron chi connectivity index (χ0n) is 33.7. The Morgan fingerprint density at radius 1 is 0.915 bits per heavy atom. The first-order valence-electron chi connectivity index (χ1n) is 20.3. The van der Waals surface area contributed by atoms with Crippen molar-refractivity contribution in [3.05, 3.63) is 88.6 Å². The lowest BCUT2D eigenvalue weighted by molar-refractivity contribution is -0.136. The van der Waals surface area contributed by atoms with Gasteiger partial charge in [0, 0.05) is 87.4 Å². The van der Waals surface area contributed by atoms with Crippen LogP contribution in [0.15, 0.2) is 66.9 Å². The topological polar surface area (TPSA) is 152 Å². The van der Waals surface area contributed by atoms with Crippen LogP contribution in [0.2, 0.25) is 5.02 Å². The van der Waals surface area contributed by atoms with E-state index in [0.717, 1.165) is 92.9 Å². The second-order valence-corrected chi connectivity index (χ2v) is 19.7. The molecule has 3 amide bonds. The molecule has 310 valence electrons. The number of fused-ring (bicyclic) bond motifs is 1. The molecular weight excluding hydrogens is 789 g/mol. The summed E-state index contributed by atoms with van der Waals surface area (Å²) in [6.07, 6.45) is 5.16. The van der Waals surface area contributed by atoms with Gasteiger partial charge in [-0.3, -0.25) is 24.6 Å². The van der Waals surface area contributed by atoms with Crippen LogP contribution < -0.4 is 30.9 Å². The number of piperidine rings is 2. The Balaban J connectivity index is 0.819. The van der Waals surface area contributed by atoms with E-state index in [1.54, 1.807) is 25.3 Å². The lowest BCUT2D eigenvalue weighted by Gasteiger charge is -2.43. The van der Waals surface area contributed by atoms with Gasteiger partial charge in [-0.2, -0.15) is 4.98 Å². The van der Waals surface area contributed by atoms with Gasteiger partial charge in [-0.05, 0) is 80.5 Å². The molecule has 8 rings (SSSR count). The highest BCUT2D eigenvalue weighted by Gasteiger charge is 2.40. The van der Waals surface area contributed by atoms with Crippen molar-refractivity contribution in [2.75, 3.05) is 81.8 Å². The quantitative estimate of drug-likeness (QED) is 0.123. The van der Waals surface area contributed by atoms with Gasteiger partial charge in [0.1, 0.15) is 24.0 Å². The fourth-order valence-corrected chi connectivity index (χ4v) is 10.1.